The second kappa shape index (κ2) is 37.2. The molecule has 5 N–H and O–H groups in total. The minimum absolute atomic E-state index is 0.0131. The smallest absolute Gasteiger partial charge is 0.450 e. The summed E-state index contributed by atoms with van der Waals surface area (Å²) in [4.78, 5) is 61.5. The van der Waals surface area contributed by atoms with Crippen LogP contribution in [0.1, 0.15) is 295 Å². The number of esters is 3. The second-order valence-electron chi connectivity index (χ2n) is 44.0. The monoisotopic (exact) mass is 2060 g/mol. The molecule has 44 heteroatoms. The number of hydrogen-bond donors (Lipinski definition) is 5. The lowest BCUT2D eigenvalue weighted by atomic mass is 9.48. The summed E-state index contributed by atoms with van der Waals surface area (Å²) < 4.78 is 359. The average Bonchev–Trinajstić information content (AvgIpc) is 0.711. The standard InChI is InChI=1S/C30H38O7S.C19H20F6O6S2.C15H20F2O4S.C14H20F2O5S.C14H20F2O4S/c31-27(36-16-29-10-18-1-19(11-29)3-20(2-18)12-29)24-7-25(9-26(8-24)38(33,34)35)28(32)37-17-30-13-21-4-22(14-30)6-23(5-21)15-30;20-17(21,18(22,23)32(26,27)28)19(24,25)33(29,30)31-15-3-1-14(2-4-15)16-8-11-5-12(9-16)7-13(6-11)10-16;1-9(2)11-6-5-7-12(10(3)4)13(11)8-14(18)15(16,17)22(19,20)21;1-8(14(15,16)22(18,19)20)21-12(17)13-5-9-2-10(6-13)4-11(3-9)7-13;15-14(16,21(18,19)20)12(17)1-2-13-6-9-3-10(7-13)5-11(4-9)8-13/h7-9,18-23H,1-6,10-17H2,(H,33,34,35);1-4,11-13H,5-10H2,(H,26,27,28);5-7,9-10H,8H2,1-4H3,(H,19,20,21);8-11H,2-7H2,1H3,(H,18,19,20);9-11H,1-8H2,(H,18,19,20). The van der Waals surface area contributed by atoms with E-state index in [1.165, 1.54) is 76.0 Å². The second-order valence-corrected chi connectivity index (χ2v) is 52.9. The highest BCUT2D eigenvalue weighted by atomic mass is 32.2. The van der Waals surface area contributed by atoms with Crippen molar-refractivity contribution in [2.45, 2.75) is 307 Å². The van der Waals surface area contributed by atoms with Crippen molar-refractivity contribution in [2.24, 2.45) is 110 Å². The van der Waals surface area contributed by atoms with Crippen LogP contribution in [-0.2, 0) is 101 Å². The van der Waals surface area contributed by atoms with E-state index < -0.39 is 157 Å². The van der Waals surface area contributed by atoms with E-state index in [-0.39, 0.29) is 44.6 Å². The van der Waals surface area contributed by atoms with Gasteiger partial charge in [-0.2, -0.15) is 103 Å². The lowest BCUT2D eigenvalue weighted by Gasteiger charge is -2.57. The molecule has 1 atom stereocenters. The zero-order valence-corrected chi connectivity index (χ0v) is 80.6. The number of benzene rings is 3. The molecule has 20 bridgehead atoms. The lowest BCUT2D eigenvalue weighted by Crippen LogP contribution is -2.61. The average molecular weight is 2060 g/mol. The van der Waals surface area contributed by atoms with Crippen molar-refractivity contribution in [2.75, 3.05) is 13.2 Å². The summed E-state index contributed by atoms with van der Waals surface area (Å²) in [5, 5.41) is -27.5. The van der Waals surface area contributed by atoms with Crippen LogP contribution in [0.15, 0.2) is 65.6 Å². The molecule has 0 aromatic heterocycles. The fourth-order valence-electron chi connectivity index (χ4n) is 29.0. The Morgan fingerprint density at radius 1 is 0.397 bits per heavy atom. The van der Waals surface area contributed by atoms with Crippen molar-refractivity contribution in [1.82, 2.24) is 0 Å². The normalized spacial score (nSPS) is 33.0. The van der Waals surface area contributed by atoms with E-state index in [1.807, 2.05) is 27.7 Å². The molecule has 0 amide bonds. The lowest BCUT2D eigenvalue weighted by molar-refractivity contribution is -0.247. The highest BCUT2D eigenvalue weighted by molar-refractivity contribution is 7.89. The van der Waals surface area contributed by atoms with E-state index in [2.05, 4.69) is 4.18 Å². The Morgan fingerprint density at radius 2 is 0.721 bits per heavy atom. The summed E-state index contributed by atoms with van der Waals surface area (Å²) in [6.45, 7) is 8.85. The van der Waals surface area contributed by atoms with Gasteiger partial charge in [-0.1, -0.05) is 58.0 Å². The van der Waals surface area contributed by atoms with E-state index in [4.69, 9.17) is 32.4 Å². The summed E-state index contributed by atoms with van der Waals surface area (Å²) in [6.07, 6.45) is 29.1. The summed E-state index contributed by atoms with van der Waals surface area (Å²) in [5.74, 6) is -4.19. The first-order valence-corrected chi connectivity index (χ1v) is 55.2. The number of ether oxygens (including phenoxy) is 3. The third-order valence-electron chi connectivity index (χ3n) is 32.9. The maximum Gasteiger partial charge on any atom is 0.450 e. The zero-order chi connectivity index (χ0) is 100. The molecular weight excluding hydrogens is 1940 g/mol. The number of halogens is 12. The molecule has 0 saturated heterocycles. The molecule has 23 rings (SSSR count). The van der Waals surface area contributed by atoms with E-state index in [9.17, 15) is 132 Å². The van der Waals surface area contributed by atoms with Crippen LogP contribution in [-0.4, -0.2) is 154 Å². The minimum Gasteiger partial charge on any atom is -0.462 e. The molecule has 0 aliphatic heterocycles. The number of hydrogen-bond acceptors (Lipinski definition) is 21. The largest absolute Gasteiger partial charge is 0.462 e. The molecule has 0 radical (unpaired) electrons. The Hall–Kier alpha value is -6.13. The maximum absolute atomic E-state index is 14.0. The minimum atomic E-state index is -7.09. The van der Waals surface area contributed by atoms with Gasteiger partial charge in [-0.3, -0.25) is 37.1 Å². The molecule has 1 unspecified atom stereocenters. The molecule has 3 aromatic carbocycles. The van der Waals surface area contributed by atoms with Crippen LogP contribution in [0.25, 0.3) is 0 Å². The van der Waals surface area contributed by atoms with Crippen LogP contribution in [0, 0.1) is 110 Å². The summed E-state index contributed by atoms with van der Waals surface area (Å²) in [7, 11) is -35.6. The van der Waals surface area contributed by atoms with Gasteiger partial charge in [0, 0.05) is 23.7 Å². The van der Waals surface area contributed by atoms with Crippen LogP contribution < -0.4 is 4.18 Å². The van der Waals surface area contributed by atoms with Gasteiger partial charge in [-0.05, 0) is 370 Å². The van der Waals surface area contributed by atoms with Crippen molar-refractivity contribution in [3.05, 3.63) is 94.0 Å². The highest BCUT2D eigenvalue weighted by Crippen LogP contribution is 2.67. The van der Waals surface area contributed by atoms with Gasteiger partial charge in [0.2, 0.25) is 11.6 Å². The first kappa shape index (κ1) is 106. The summed E-state index contributed by atoms with van der Waals surface area (Å²) in [5.41, 5.74) is 1.64. The number of Topliss-reactive ketones (excluding diaryl/α,β-unsaturated/α-hetero) is 2. The quantitative estimate of drug-likeness (QED) is 0.0142. The third kappa shape index (κ3) is 21.3. The first-order chi connectivity index (χ1) is 62.5. The number of rotatable bonds is 29. The van der Waals surface area contributed by atoms with Crippen molar-refractivity contribution >= 4 is 90.2 Å². The van der Waals surface area contributed by atoms with Crippen LogP contribution in [0.4, 0.5) is 52.7 Å². The van der Waals surface area contributed by atoms with E-state index >= 15 is 0 Å². The zero-order valence-electron chi connectivity index (χ0n) is 75.7. The SMILES string of the molecule is CC(C)c1cccc(C(C)C)c1CC(=O)C(F)(F)S(=O)(=O)O.CC(OC(=O)C12CC3CC(CC(C3)C1)C2)C(F)(F)S(=O)(=O)O.O=C(CCC12CC3CC(CC(C3)C1)C2)C(F)(F)S(=O)(=O)O.O=C(OCC12CC3CC(CC(C3)C1)C2)c1cc(C(=O)OCC23CC4CC(CC(C4)C2)C3)cc(S(=O)(=O)O)c1.O=S(=O)(O)C(F)(F)C(F)(F)C(F)(F)S(=O)(=O)Oc1ccc(C23CC4CC(CC(C4)C2)C3)cc1. The van der Waals surface area contributed by atoms with Crippen LogP contribution in [0.2, 0.25) is 0 Å². The van der Waals surface area contributed by atoms with Gasteiger partial charge in [0.1, 0.15) is 5.75 Å². The van der Waals surface area contributed by atoms with Gasteiger partial charge in [0.15, 0.2) is 6.10 Å². The topological polar surface area (TPSA) is 428 Å². The fourth-order valence-corrected chi connectivity index (χ4v) is 32.2. The van der Waals surface area contributed by atoms with Crippen LogP contribution >= 0.6 is 0 Å². The predicted octanol–water partition coefficient (Wildman–Crippen LogP) is 19.4. The van der Waals surface area contributed by atoms with Crippen molar-refractivity contribution in [3.8, 4) is 5.75 Å². The fraction of sp³-hybridized carbons (Fsp3) is 0.750. The Kier molecular flexibility index (Phi) is 28.9. The van der Waals surface area contributed by atoms with E-state index in [0.29, 0.717) is 109 Å². The van der Waals surface area contributed by atoms with Gasteiger partial charge >= 0.3 is 101 Å². The molecule has 20 saturated carbocycles. The number of carbonyl (C=O) groups excluding carboxylic acids is 5. The molecule has 26 nitrogen and oxygen atoms in total. The van der Waals surface area contributed by atoms with Crippen LogP contribution in [0.3, 0.4) is 0 Å². The van der Waals surface area contributed by atoms with E-state index in [0.717, 1.165) is 188 Å². The molecule has 20 aliphatic carbocycles. The molecule has 136 heavy (non-hydrogen) atoms. The van der Waals surface area contributed by atoms with Crippen LogP contribution in [0.5, 0.6) is 5.75 Å². The third-order valence-corrected chi connectivity index (χ3v) is 38.7. The Balaban J connectivity index is 0.000000139. The molecule has 0 spiro atoms. The maximum atomic E-state index is 14.0. The molecule has 20 fully saturated rings. The molecular formula is C92H118F12O26S6. The van der Waals surface area contributed by atoms with Gasteiger partial charge in [0.25, 0.3) is 10.1 Å². The van der Waals surface area contributed by atoms with Gasteiger partial charge in [-0.25, -0.2) is 9.59 Å². The van der Waals surface area contributed by atoms with Crippen molar-refractivity contribution < 1.29 is 168 Å². The first-order valence-electron chi connectivity index (χ1n) is 46.6. The van der Waals surface area contributed by atoms with Gasteiger partial charge in [0.05, 0.1) is 34.7 Å². The van der Waals surface area contributed by atoms with Gasteiger partial charge < -0.3 is 18.4 Å². The molecule has 3 aromatic rings. The van der Waals surface area contributed by atoms with Gasteiger partial charge in [-0.15, -0.1) is 0 Å². The number of ketones is 2. The molecule has 20 aliphatic rings. The Bertz CT molecular complexity index is 5530. The summed E-state index contributed by atoms with van der Waals surface area (Å²) >= 11 is 0. The Labute approximate surface area is 784 Å². The summed E-state index contributed by atoms with van der Waals surface area (Å²) in [6, 6.07) is 13.5. The number of carbonyl (C=O) groups is 5. The van der Waals surface area contributed by atoms with Crippen molar-refractivity contribution in [3.63, 3.8) is 0 Å². The molecule has 762 valence electrons. The van der Waals surface area contributed by atoms with Crippen molar-refractivity contribution in [1.29, 1.82) is 0 Å². The van der Waals surface area contributed by atoms with E-state index in [1.54, 1.807) is 18.2 Å². The molecule has 0 heterocycles. The number of alkyl halides is 12. The predicted molar refractivity (Wildman–Crippen MR) is 464 cm³/mol. The highest BCUT2D eigenvalue weighted by Gasteiger charge is 2.83. The Morgan fingerprint density at radius 3 is 1.04 bits per heavy atom.